The highest BCUT2D eigenvalue weighted by Crippen LogP contribution is 2.08. The van der Waals surface area contributed by atoms with Gasteiger partial charge in [0.1, 0.15) is 0 Å². The Balaban J connectivity index is 1.78. The van der Waals surface area contributed by atoms with Gasteiger partial charge in [0.15, 0.2) is 6.61 Å². The Hall–Kier alpha value is -2.73. The molecular formula is C17H15NO2. The predicted molar refractivity (Wildman–Crippen MR) is 79.5 cm³/mol. The average molecular weight is 265 g/mol. The molecule has 0 saturated heterocycles. The van der Waals surface area contributed by atoms with Crippen molar-refractivity contribution in [3.05, 3.63) is 65.7 Å². The Morgan fingerprint density at radius 2 is 1.80 bits per heavy atom. The summed E-state index contributed by atoms with van der Waals surface area (Å²) in [5.74, 6) is 5.71. The molecule has 2 aromatic rings. The van der Waals surface area contributed by atoms with Crippen molar-refractivity contribution in [1.29, 1.82) is 0 Å². The second-order valence-corrected chi connectivity index (χ2v) is 4.23. The largest absolute Gasteiger partial charge is 0.436 e. The topological polar surface area (TPSA) is 38.3 Å². The number of ether oxygens (including phenoxy) is 1. The molecule has 0 atom stereocenters. The summed E-state index contributed by atoms with van der Waals surface area (Å²) in [7, 11) is 0. The fourth-order valence-electron chi connectivity index (χ4n) is 1.55. The predicted octanol–water partition coefficient (Wildman–Crippen LogP) is 3.60. The molecule has 0 fully saturated rings. The number of amides is 1. The highest BCUT2D eigenvalue weighted by atomic mass is 16.5. The molecule has 0 unspecified atom stereocenters. The average Bonchev–Trinajstić information content (AvgIpc) is 2.47. The van der Waals surface area contributed by atoms with Gasteiger partial charge in [0.25, 0.3) is 0 Å². The van der Waals surface area contributed by atoms with E-state index in [9.17, 15) is 4.79 Å². The molecule has 0 aliphatic carbocycles. The minimum atomic E-state index is -0.504. The van der Waals surface area contributed by atoms with Crippen LogP contribution in [-0.4, -0.2) is 12.7 Å². The number of aryl methyl sites for hydroxylation is 1. The molecule has 2 rings (SSSR count). The van der Waals surface area contributed by atoms with Crippen LogP contribution >= 0.6 is 0 Å². The zero-order valence-electron chi connectivity index (χ0n) is 11.2. The summed E-state index contributed by atoms with van der Waals surface area (Å²) in [6, 6.07) is 17.0. The highest BCUT2D eigenvalue weighted by molar-refractivity contribution is 5.84. The van der Waals surface area contributed by atoms with Gasteiger partial charge in [-0.1, -0.05) is 47.7 Å². The van der Waals surface area contributed by atoms with E-state index in [-0.39, 0.29) is 6.61 Å². The number of benzene rings is 2. The fraction of sp³-hybridized carbons (Fsp3) is 0.118. The van der Waals surface area contributed by atoms with Crippen molar-refractivity contribution in [3.63, 3.8) is 0 Å². The van der Waals surface area contributed by atoms with Crippen molar-refractivity contribution in [1.82, 2.24) is 0 Å². The Labute approximate surface area is 118 Å². The maximum atomic E-state index is 11.5. The van der Waals surface area contributed by atoms with Gasteiger partial charge in [-0.3, -0.25) is 5.32 Å². The third kappa shape index (κ3) is 4.51. The maximum Gasteiger partial charge on any atom is 0.412 e. The molecule has 0 heterocycles. The van der Waals surface area contributed by atoms with E-state index in [2.05, 4.69) is 17.2 Å². The van der Waals surface area contributed by atoms with Gasteiger partial charge in [-0.25, -0.2) is 4.79 Å². The van der Waals surface area contributed by atoms with Gasteiger partial charge in [-0.05, 0) is 31.2 Å². The first-order valence-corrected chi connectivity index (χ1v) is 6.28. The first kappa shape index (κ1) is 13.7. The molecule has 0 spiro atoms. The molecule has 0 bridgehead atoms. The quantitative estimate of drug-likeness (QED) is 0.843. The summed E-state index contributed by atoms with van der Waals surface area (Å²) in [5, 5.41) is 2.64. The van der Waals surface area contributed by atoms with Crippen LogP contribution in [0.15, 0.2) is 54.6 Å². The van der Waals surface area contributed by atoms with Gasteiger partial charge in [-0.15, -0.1) is 0 Å². The second-order valence-electron chi connectivity index (χ2n) is 4.23. The second kappa shape index (κ2) is 7.01. The van der Waals surface area contributed by atoms with E-state index >= 15 is 0 Å². The molecule has 20 heavy (non-hydrogen) atoms. The smallest absolute Gasteiger partial charge is 0.412 e. The lowest BCUT2D eigenvalue weighted by Gasteiger charge is -2.04. The van der Waals surface area contributed by atoms with E-state index < -0.39 is 6.09 Å². The van der Waals surface area contributed by atoms with E-state index in [1.54, 1.807) is 0 Å². The van der Waals surface area contributed by atoms with Crippen LogP contribution in [0, 0.1) is 18.8 Å². The number of hydrogen-bond donors (Lipinski definition) is 1. The highest BCUT2D eigenvalue weighted by Gasteiger charge is 2.00. The van der Waals surface area contributed by atoms with E-state index in [1.807, 2.05) is 61.5 Å². The van der Waals surface area contributed by atoms with E-state index in [1.165, 1.54) is 0 Å². The normalized spacial score (nSPS) is 9.25. The summed E-state index contributed by atoms with van der Waals surface area (Å²) in [5.41, 5.74) is 2.74. The van der Waals surface area contributed by atoms with Gasteiger partial charge < -0.3 is 4.74 Å². The molecular weight excluding hydrogens is 250 g/mol. The van der Waals surface area contributed by atoms with Gasteiger partial charge in [0.05, 0.1) is 0 Å². The molecule has 0 aliphatic heterocycles. The number of carbonyl (C=O) groups is 1. The Kier molecular flexibility index (Phi) is 4.80. The monoisotopic (exact) mass is 265 g/mol. The summed E-state index contributed by atoms with van der Waals surface area (Å²) in [6.07, 6.45) is -0.504. The van der Waals surface area contributed by atoms with Crippen LogP contribution in [0.25, 0.3) is 0 Å². The number of carbonyl (C=O) groups excluding carboxylic acids is 1. The van der Waals surface area contributed by atoms with Gasteiger partial charge >= 0.3 is 6.09 Å². The standard InChI is InChI=1S/C17H15NO2/c1-14-9-11-16(12-10-14)18-17(19)20-13-5-8-15-6-3-2-4-7-15/h2-4,6-7,9-12H,13H2,1H3,(H,18,19). The first-order chi connectivity index (χ1) is 9.74. The van der Waals surface area contributed by atoms with Crippen molar-refractivity contribution < 1.29 is 9.53 Å². The van der Waals surface area contributed by atoms with Crippen LogP contribution in [0.3, 0.4) is 0 Å². The molecule has 3 nitrogen and oxygen atoms in total. The van der Waals surface area contributed by atoms with Gasteiger partial charge in [0, 0.05) is 11.3 Å². The molecule has 0 saturated carbocycles. The van der Waals surface area contributed by atoms with Crippen molar-refractivity contribution in [2.75, 3.05) is 11.9 Å². The van der Waals surface area contributed by atoms with Crippen LogP contribution in [0.2, 0.25) is 0 Å². The van der Waals surface area contributed by atoms with Crippen molar-refractivity contribution >= 4 is 11.8 Å². The zero-order chi connectivity index (χ0) is 14.2. The van der Waals surface area contributed by atoms with E-state index in [0.717, 1.165) is 11.1 Å². The number of rotatable bonds is 2. The number of nitrogens with one attached hydrogen (secondary N) is 1. The number of hydrogen-bond acceptors (Lipinski definition) is 2. The minimum absolute atomic E-state index is 0.0621. The van der Waals surface area contributed by atoms with Crippen LogP contribution in [0.4, 0.5) is 10.5 Å². The van der Waals surface area contributed by atoms with Gasteiger partial charge in [0.2, 0.25) is 0 Å². The molecule has 100 valence electrons. The van der Waals surface area contributed by atoms with Crippen molar-refractivity contribution in [3.8, 4) is 11.8 Å². The molecule has 0 aromatic heterocycles. The van der Waals surface area contributed by atoms with Crippen molar-refractivity contribution in [2.24, 2.45) is 0 Å². The SMILES string of the molecule is Cc1ccc(NC(=O)OCC#Cc2ccccc2)cc1. The lowest BCUT2D eigenvalue weighted by atomic mass is 10.2. The van der Waals surface area contributed by atoms with Crippen LogP contribution in [-0.2, 0) is 4.74 Å². The lowest BCUT2D eigenvalue weighted by molar-refractivity contribution is 0.176. The summed E-state index contributed by atoms with van der Waals surface area (Å²) >= 11 is 0. The molecule has 2 aromatic carbocycles. The van der Waals surface area contributed by atoms with Crippen LogP contribution in [0.5, 0.6) is 0 Å². The van der Waals surface area contributed by atoms with Gasteiger partial charge in [-0.2, -0.15) is 0 Å². The number of anilines is 1. The molecule has 1 N–H and O–H groups in total. The first-order valence-electron chi connectivity index (χ1n) is 6.28. The third-order valence-electron chi connectivity index (χ3n) is 2.58. The van der Waals surface area contributed by atoms with Crippen LogP contribution in [0.1, 0.15) is 11.1 Å². The molecule has 3 heteroatoms. The summed E-state index contributed by atoms with van der Waals surface area (Å²) in [6.45, 7) is 2.05. The summed E-state index contributed by atoms with van der Waals surface area (Å²) in [4.78, 5) is 11.5. The Bertz CT molecular complexity index is 622. The lowest BCUT2D eigenvalue weighted by Crippen LogP contribution is -2.13. The Morgan fingerprint density at radius 3 is 2.50 bits per heavy atom. The Morgan fingerprint density at radius 1 is 1.10 bits per heavy atom. The third-order valence-corrected chi connectivity index (χ3v) is 2.58. The van der Waals surface area contributed by atoms with E-state index in [4.69, 9.17) is 4.74 Å². The fourth-order valence-corrected chi connectivity index (χ4v) is 1.55. The minimum Gasteiger partial charge on any atom is -0.436 e. The van der Waals surface area contributed by atoms with Crippen LogP contribution < -0.4 is 5.32 Å². The van der Waals surface area contributed by atoms with E-state index in [0.29, 0.717) is 5.69 Å². The molecule has 0 radical (unpaired) electrons. The zero-order valence-corrected chi connectivity index (χ0v) is 11.2. The molecule has 1 amide bonds. The maximum absolute atomic E-state index is 11.5. The molecule has 0 aliphatic rings. The summed E-state index contributed by atoms with van der Waals surface area (Å²) < 4.78 is 4.97. The van der Waals surface area contributed by atoms with Crippen molar-refractivity contribution in [2.45, 2.75) is 6.92 Å².